The quantitative estimate of drug-likeness (QED) is 0.530. The lowest BCUT2D eigenvalue weighted by atomic mass is 10.5. The van der Waals surface area contributed by atoms with Gasteiger partial charge in [-0.3, -0.25) is 9.59 Å². The molecule has 10 heavy (non-hydrogen) atoms. The summed E-state index contributed by atoms with van der Waals surface area (Å²) in [7, 11) is 1.29. The Morgan fingerprint density at radius 1 is 1.40 bits per heavy atom. The molecule has 0 aromatic carbocycles. The van der Waals surface area contributed by atoms with E-state index in [1.807, 2.05) is 0 Å². The van der Waals surface area contributed by atoms with E-state index in [2.05, 4.69) is 9.47 Å². The van der Waals surface area contributed by atoms with Crippen molar-refractivity contribution in [2.24, 2.45) is 0 Å². The summed E-state index contributed by atoms with van der Waals surface area (Å²) >= 11 is 0. The van der Waals surface area contributed by atoms with E-state index in [1.54, 1.807) is 0 Å². The maximum Gasteiger partial charge on any atom is 0.308 e. The summed E-state index contributed by atoms with van der Waals surface area (Å²) in [5.74, 6) is -0.759. The number of carbonyl (C=O) groups excluding carboxylic acids is 2. The number of carbonyl (C=O) groups is 2. The van der Waals surface area contributed by atoms with Crippen molar-refractivity contribution in [3.63, 3.8) is 0 Å². The number of ether oxygens (including phenoxy) is 2. The van der Waals surface area contributed by atoms with Crippen LogP contribution in [0.3, 0.4) is 0 Å². The predicted molar refractivity (Wildman–Crippen MR) is 33.3 cm³/mol. The van der Waals surface area contributed by atoms with Gasteiger partial charge in [0, 0.05) is 6.92 Å². The van der Waals surface area contributed by atoms with Crippen LogP contribution in [0.15, 0.2) is 0 Å². The fraction of sp³-hybridized carbons (Fsp3) is 0.667. The standard InChI is InChI=1S/C6H10O4/c1-5(7)10-4-3-6(8)9-2/h3-4H2,1-2H3. The molecule has 4 nitrogen and oxygen atoms in total. The molecule has 0 fully saturated rings. The van der Waals surface area contributed by atoms with E-state index >= 15 is 0 Å². The highest BCUT2D eigenvalue weighted by Crippen LogP contribution is 1.85. The van der Waals surface area contributed by atoms with Gasteiger partial charge in [-0.1, -0.05) is 0 Å². The summed E-state index contributed by atoms with van der Waals surface area (Å²) in [5, 5.41) is 0. The third-order valence-electron chi connectivity index (χ3n) is 0.839. The molecule has 58 valence electrons. The summed E-state index contributed by atoms with van der Waals surface area (Å²) in [6, 6.07) is 0. The number of rotatable bonds is 3. The Labute approximate surface area is 59.1 Å². The Hall–Kier alpha value is -1.06. The minimum Gasteiger partial charge on any atom is -0.469 e. The molecule has 0 amide bonds. The van der Waals surface area contributed by atoms with Crippen LogP contribution >= 0.6 is 0 Å². The second-order valence-corrected chi connectivity index (χ2v) is 1.67. The SMILES string of the molecule is COC(=O)CCOC(C)=O. The van der Waals surface area contributed by atoms with Gasteiger partial charge in [0.15, 0.2) is 0 Å². The molecule has 0 saturated heterocycles. The van der Waals surface area contributed by atoms with Gasteiger partial charge in [0.25, 0.3) is 0 Å². The summed E-state index contributed by atoms with van der Waals surface area (Å²) < 4.78 is 8.78. The summed E-state index contributed by atoms with van der Waals surface area (Å²) in [5.41, 5.74) is 0. The van der Waals surface area contributed by atoms with E-state index in [0.29, 0.717) is 0 Å². The zero-order valence-corrected chi connectivity index (χ0v) is 6.05. The van der Waals surface area contributed by atoms with Gasteiger partial charge in [0.2, 0.25) is 0 Å². The number of hydrogen-bond donors (Lipinski definition) is 0. The van der Waals surface area contributed by atoms with Crippen molar-refractivity contribution in [1.29, 1.82) is 0 Å². The zero-order chi connectivity index (χ0) is 7.98. The summed E-state index contributed by atoms with van der Waals surface area (Å²) in [6.07, 6.45) is 0.121. The van der Waals surface area contributed by atoms with Gasteiger partial charge in [-0.2, -0.15) is 0 Å². The first-order valence-corrected chi connectivity index (χ1v) is 2.87. The van der Waals surface area contributed by atoms with Crippen molar-refractivity contribution in [1.82, 2.24) is 0 Å². The predicted octanol–water partition coefficient (Wildman–Crippen LogP) is 0.113. The Morgan fingerprint density at radius 2 is 2.00 bits per heavy atom. The summed E-state index contributed by atoms with van der Waals surface area (Å²) in [6.45, 7) is 1.39. The highest BCUT2D eigenvalue weighted by atomic mass is 16.5. The Kier molecular flexibility index (Phi) is 4.28. The Balaban J connectivity index is 3.20. The topological polar surface area (TPSA) is 52.6 Å². The van der Waals surface area contributed by atoms with E-state index in [4.69, 9.17) is 0 Å². The first-order valence-electron chi connectivity index (χ1n) is 2.87. The number of methoxy groups -OCH3 is 1. The first-order chi connectivity index (χ1) is 4.66. The average Bonchev–Trinajstić information content (AvgIpc) is 1.87. The molecule has 0 aliphatic carbocycles. The lowest BCUT2D eigenvalue weighted by Crippen LogP contribution is -2.07. The molecule has 0 radical (unpaired) electrons. The van der Waals surface area contributed by atoms with Crippen molar-refractivity contribution in [2.45, 2.75) is 13.3 Å². The normalized spacial score (nSPS) is 8.60. The molecular weight excluding hydrogens is 136 g/mol. The van der Waals surface area contributed by atoms with Crippen molar-refractivity contribution in [2.75, 3.05) is 13.7 Å². The average molecular weight is 146 g/mol. The largest absolute Gasteiger partial charge is 0.469 e. The molecule has 0 N–H and O–H groups in total. The van der Waals surface area contributed by atoms with Gasteiger partial charge in [-0.15, -0.1) is 0 Å². The first kappa shape index (κ1) is 8.94. The van der Waals surface area contributed by atoms with E-state index in [1.165, 1.54) is 14.0 Å². The molecule has 0 aliphatic rings. The highest BCUT2D eigenvalue weighted by molar-refractivity contribution is 5.70. The Bertz CT molecular complexity index is 130. The molecule has 0 aromatic heterocycles. The Morgan fingerprint density at radius 3 is 2.40 bits per heavy atom. The third kappa shape index (κ3) is 5.08. The van der Waals surface area contributed by atoms with Gasteiger partial charge >= 0.3 is 11.9 Å². The maximum atomic E-state index is 10.4. The van der Waals surface area contributed by atoms with E-state index < -0.39 is 0 Å². The smallest absolute Gasteiger partial charge is 0.308 e. The van der Waals surface area contributed by atoms with Crippen molar-refractivity contribution in [3.8, 4) is 0 Å². The van der Waals surface area contributed by atoms with Gasteiger partial charge in [-0.25, -0.2) is 0 Å². The monoisotopic (exact) mass is 146 g/mol. The number of esters is 2. The fourth-order valence-electron chi connectivity index (χ4n) is 0.380. The molecule has 0 rings (SSSR count). The van der Waals surface area contributed by atoms with E-state index in [0.717, 1.165) is 0 Å². The summed E-state index contributed by atoms with van der Waals surface area (Å²) in [4.78, 5) is 20.5. The van der Waals surface area contributed by atoms with Crippen molar-refractivity contribution in [3.05, 3.63) is 0 Å². The minimum absolute atomic E-state index is 0.0992. The van der Waals surface area contributed by atoms with Crippen molar-refractivity contribution >= 4 is 11.9 Å². The van der Waals surface area contributed by atoms with Crippen LogP contribution in [0, 0.1) is 0 Å². The van der Waals surface area contributed by atoms with Crippen molar-refractivity contribution < 1.29 is 19.1 Å². The van der Waals surface area contributed by atoms with Gasteiger partial charge in [0.05, 0.1) is 13.5 Å². The van der Waals surface area contributed by atoms with E-state index in [9.17, 15) is 9.59 Å². The maximum absolute atomic E-state index is 10.4. The molecule has 0 aliphatic heterocycles. The van der Waals surface area contributed by atoms with Crippen LogP contribution in [-0.2, 0) is 19.1 Å². The molecular formula is C6H10O4. The molecule has 0 heterocycles. The van der Waals surface area contributed by atoms with Crippen LogP contribution in [0.4, 0.5) is 0 Å². The van der Waals surface area contributed by atoms with Gasteiger partial charge in [0.1, 0.15) is 6.61 Å². The zero-order valence-electron chi connectivity index (χ0n) is 6.05. The van der Waals surface area contributed by atoms with Gasteiger partial charge < -0.3 is 9.47 Å². The molecule has 0 spiro atoms. The molecule has 4 heteroatoms. The molecule has 0 saturated carbocycles. The van der Waals surface area contributed by atoms with Crippen LogP contribution in [0.2, 0.25) is 0 Å². The lowest BCUT2D eigenvalue weighted by molar-refractivity contribution is -0.146. The molecule has 0 unspecified atom stereocenters. The van der Waals surface area contributed by atoms with Gasteiger partial charge in [-0.05, 0) is 0 Å². The highest BCUT2D eigenvalue weighted by Gasteiger charge is 2.00. The van der Waals surface area contributed by atoms with Crippen LogP contribution in [-0.4, -0.2) is 25.7 Å². The molecule has 0 atom stereocenters. The van der Waals surface area contributed by atoms with Crippen LogP contribution in [0.1, 0.15) is 13.3 Å². The molecule has 0 aromatic rings. The molecule has 0 bridgehead atoms. The van der Waals surface area contributed by atoms with Crippen LogP contribution in [0.5, 0.6) is 0 Å². The second-order valence-electron chi connectivity index (χ2n) is 1.67. The van der Waals surface area contributed by atoms with Crippen LogP contribution < -0.4 is 0 Å². The minimum atomic E-state index is -0.385. The lowest BCUT2D eigenvalue weighted by Gasteiger charge is -1.98. The fourth-order valence-corrected chi connectivity index (χ4v) is 0.380. The number of hydrogen-bond acceptors (Lipinski definition) is 4. The van der Waals surface area contributed by atoms with Crippen LogP contribution in [0.25, 0.3) is 0 Å². The second kappa shape index (κ2) is 4.78. The third-order valence-corrected chi connectivity index (χ3v) is 0.839. The van der Waals surface area contributed by atoms with E-state index in [-0.39, 0.29) is 25.0 Å².